The molecule has 0 aromatic heterocycles. The van der Waals surface area contributed by atoms with E-state index in [1.807, 2.05) is 0 Å². The third kappa shape index (κ3) is 3.47. The van der Waals surface area contributed by atoms with Crippen molar-refractivity contribution < 1.29 is 54.4 Å². The largest absolute Gasteiger partial charge is 0.477 e. The molecule has 6 atom stereocenters. The fourth-order valence-electron chi connectivity index (χ4n) is 2.77. The van der Waals surface area contributed by atoms with Gasteiger partial charge in [0.05, 0.1) is 12.6 Å². The molecule has 0 radical (unpaired) electrons. The smallest absolute Gasteiger partial charge is 0.370 e. The van der Waals surface area contributed by atoms with Crippen LogP contribution in [0.3, 0.4) is 0 Å². The van der Waals surface area contributed by atoms with Crippen molar-refractivity contribution in [2.75, 3.05) is 20.8 Å². The van der Waals surface area contributed by atoms with Crippen molar-refractivity contribution in [3.05, 3.63) is 0 Å². The summed E-state index contributed by atoms with van der Waals surface area (Å²) in [7, 11) is 1.85. The second-order valence-corrected chi connectivity index (χ2v) is 5.52. The number of nitrogens with one attached hydrogen (secondary N) is 1. The number of amides is 1. The van der Waals surface area contributed by atoms with Gasteiger partial charge in [-0.05, 0) is 0 Å². The standard InChI is InChI=1S/C13H23NO11/c1-5(16)14-7-9(8(18)6(17)4-15)25-12(22,11(20)21)13(23-2,24-3)10(7)19/h6-10,15,17-19,22H,4H2,1-3H3,(H,14,16)(H,20,21)/t6-,7+,8-,9-,10-,12?/m1/s1. The van der Waals surface area contributed by atoms with E-state index in [1.165, 1.54) is 0 Å². The lowest BCUT2D eigenvalue weighted by Gasteiger charge is -2.53. The summed E-state index contributed by atoms with van der Waals surface area (Å²) in [6, 6.07) is -1.56. The number of ether oxygens (including phenoxy) is 3. The molecule has 146 valence electrons. The molecule has 1 unspecified atom stereocenters. The summed E-state index contributed by atoms with van der Waals surface area (Å²) in [6.07, 6.45) is -7.68. The number of carboxylic acids is 1. The highest BCUT2D eigenvalue weighted by atomic mass is 16.8. The average molecular weight is 369 g/mol. The number of carboxylic acid groups (broad SMARTS) is 1. The summed E-state index contributed by atoms with van der Waals surface area (Å²) in [6.45, 7) is 0.132. The Bertz CT molecular complexity index is 496. The molecule has 0 saturated carbocycles. The SMILES string of the molecule is COC1(OC)[C@H](O)[C@@H](NC(C)=O)[C@H]([C@H](O)[C@H](O)CO)OC1(O)C(=O)O. The molecule has 0 aliphatic carbocycles. The number of carbonyl (C=O) groups excluding carboxylic acids is 1. The van der Waals surface area contributed by atoms with Crippen molar-refractivity contribution in [3.63, 3.8) is 0 Å². The van der Waals surface area contributed by atoms with Crippen LogP contribution in [0.25, 0.3) is 0 Å². The molecule has 12 nitrogen and oxygen atoms in total. The number of methoxy groups -OCH3 is 2. The van der Waals surface area contributed by atoms with E-state index in [0.29, 0.717) is 0 Å². The number of carbonyl (C=O) groups is 2. The highest BCUT2D eigenvalue weighted by Gasteiger charge is 2.71. The minimum atomic E-state index is -3.31. The Kier molecular flexibility index (Phi) is 6.83. The lowest BCUT2D eigenvalue weighted by atomic mass is 9.83. The van der Waals surface area contributed by atoms with Gasteiger partial charge in [0.1, 0.15) is 24.4 Å². The van der Waals surface area contributed by atoms with E-state index < -0.39 is 60.5 Å². The number of hydrogen-bond donors (Lipinski definition) is 7. The van der Waals surface area contributed by atoms with Crippen LogP contribution in [0.15, 0.2) is 0 Å². The highest BCUT2D eigenvalue weighted by Crippen LogP contribution is 2.41. The average Bonchev–Trinajstić information content (AvgIpc) is 2.56. The summed E-state index contributed by atoms with van der Waals surface area (Å²) in [5.74, 6) is -8.71. The fourth-order valence-corrected chi connectivity index (χ4v) is 2.77. The maximum atomic E-state index is 11.6. The van der Waals surface area contributed by atoms with Crippen molar-refractivity contribution in [2.45, 2.75) is 49.0 Å². The quantitative estimate of drug-likeness (QED) is 0.215. The summed E-state index contributed by atoms with van der Waals surface area (Å²) < 4.78 is 14.8. The third-order valence-electron chi connectivity index (χ3n) is 4.05. The first-order valence-electron chi connectivity index (χ1n) is 7.18. The lowest BCUT2D eigenvalue weighted by molar-refractivity contribution is -0.438. The van der Waals surface area contributed by atoms with Crippen LogP contribution in [-0.2, 0) is 23.8 Å². The van der Waals surface area contributed by atoms with E-state index in [-0.39, 0.29) is 0 Å². The van der Waals surface area contributed by atoms with E-state index in [4.69, 9.17) is 19.3 Å². The van der Waals surface area contributed by atoms with Crippen molar-refractivity contribution in [1.29, 1.82) is 0 Å². The summed E-state index contributed by atoms with van der Waals surface area (Å²) in [4.78, 5) is 23.0. The molecule has 0 aromatic rings. The van der Waals surface area contributed by atoms with Crippen molar-refractivity contribution in [3.8, 4) is 0 Å². The van der Waals surface area contributed by atoms with Gasteiger partial charge in [0.15, 0.2) is 0 Å². The van der Waals surface area contributed by atoms with Crippen molar-refractivity contribution >= 4 is 11.9 Å². The van der Waals surface area contributed by atoms with Crippen molar-refractivity contribution in [1.82, 2.24) is 5.32 Å². The predicted molar refractivity (Wildman–Crippen MR) is 76.9 cm³/mol. The van der Waals surface area contributed by atoms with Gasteiger partial charge in [-0.15, -0.1) is 0 Å². The number of aliphatic carboxylic acids is 1. The zero-order valence-electron chi connectivity index (χ0n) is 13.8. The molecule has 0 bridgehead atoms. The lowest BCUT2D eigenvalue weighted by Crippen LogP contribution is -2.80. The number of aliphatic hydroxyl groups is 5. The number of rotatable bonds is 7. The fraction of sp³-hybridized carbons (Fsp3) is 0.846. The van der Waals surface area contributed by atoms with E-state index >= 15 is 0 Å². The van der Waals surface area contributed by atoms with Crippen LogP contribution in [0, 0.1) is 0 Å². The van der Waals surface area contributed by atoms with Gasteiger partial charge in [0, 0.05) is 21.1 Å². The first-order chi connectivity index (χ1) is 11.5. The Morgan fingerprint density at radius 1 is 1.28 bits per heavy atom. The molecular formula is C13H23NO11. The van der Waals surface area contributed by atoms with Crippen LogP contribution < -0.4 is 5.32 Å². The highest BCUT2D eigenvalue weighted by molar-refractivity contribution is 5.78. The zero-order chi connectivity index (χ0) is 19.6. The summed E-state index contributed by atoms with van der Waals surface area (Å²) in [5.41, 5.74) is 0. The molecule has 25 heavy (non-hydrogen) atoms. The Hall–Kier alpha value is -1.38. The maximum absolute atomic E-state index is 11.6. The summed E-state index contributed by atoms with van der Waals surface area (Å²) >= 11 is 0. The molecule has 1 heterocycles. The van der Waals surface area contributed by atoms with Crippen molar-refractivity contribution in [2.24, 2.45) is 0 Å². The van der Waals surface area contributed by atoms with Gasteiger partial charge in [0.25, 0.3) is 5.79 Å². The molecule has 1 aliphatic rings. The molecule has 0 spiro atoms. The van der Waals surface area contributed by atoms with Gasteiger partial charge < -0.3 is 50.2 Å². The first-order valence-corrected chi connectivity index (χ1v) is 7.18. The predicted octanol–water partition coefficient (Wildman–Crippen LogP) is -4.27. The van der Waals surface area contributed by atoms with Crippen LogP contribution in [0.1, 0.15) is 6.92 Å². The number of aliphatic hydroxyl groups excluding tert-OH is 4. The summed E-state index contributed by atoms with van der Waals surface area (Å²) in [5, 5.41) is 61.2. The molecule has 7 N–H and O–H groups in total. The Labute approximate surface area is 142 Å². The van der Waals surface area contributed by atoms with E-state index in [9.17, 15) is 35.1 Å². The van der Waals surface area contributed by atoms with E-state index in [2.05, 4.69) is 5.32 Å². The van der Waals surface area contributed by atoms with Gasteiger partial charge in [-0.3, -0.25) is 4.79 Å². The van der Waals surface area contributed by atoms with E-state index in [0.717, 1.165) is 21.1 Å². The van der Waals surface area contributed by atoms with Gasteiger partial charge in [-0.25, -0.2) is 4.79 Å². The Morgan fingerprint density at radius 2 is 1.80 bits per heavy atom. The minimum Gasteiger partial charge on any atom is -0.477 e. The molecule has 1 fully saturated rings. The normalized spacial score (nSPS) is 34.2. The molecule has 1 amide bonds. The van der Waals surface area contributed by atoms with Crippen LogP contribution in [0.4, 0.5) is 0 Å². The molecule has 1 rings (SSSR count). The monoisotopic (exact) mass is 369 g/mol. The third-order valence-corrected chi connectivity index (χ3v) is 4.05. The molecule has 1 aliphatic heterocycles. The minimum absolute atomic E-state index is 0.704. The molecular weight excluding hydrogens is 346 g/mol. The van der Waals surface area contributed by atoms with Crippen LogP contribution in [-0.4, -0.2) is 105 Å². The first kappa shape index (κ1) is 21.7. The molecule has 1 saturated heterocycles. The zero-order valence-corrected chi connectivity index (χ0v) is 13.8. The number of hydrogen-bond acceptors (Lipinski definition) is 10. The maximum Gasteiger partial charge on any atom is 0.370 e. The second-order valence-electron chi connectivity index (χ2n) is 5.52. The van der Waals surface area contributed by atoms with Gasteiger partial charge >= 0.3 is 11.8 Å². The topological polar surface area (TPSA) is 195 Å². The Balaban J connectivity index is 3.48. The Morgan fingerprint density at radius 3 is 2.16 bits per heavy atom. The van der Waals surface area contributed by atoms with Gasteiger partial charge in [0.2, 0.25) is 5.91 Å². The van der Waals surface area contributed by atoms with Crippen LogP contribution in [0.5, 0.6) is 0 Å². The second kappa shape index (κ2) is 7.88. The van der Waals surface area contributed by atoms with Gasteiger partial charge in [-0.2, -0.15) is 0 Å². The van der Waals surface area contributed by atoms with Gasteiger partial charge in [-0.1, -0.05) is 0 Å². The van der Waals surface area contributed by atoms with Crippen LogP contribution >= 0.6 is 0 Å². The van der Waals surface area contributed by atoms with Crippen LogP contribution in [0.2, 0.25) is 0 Å². The van der Waals surface area contributed by atoms with E-state index in [1.54, 1.807) is 0 Å². The molecule has 12 heteroatoms. The molecule has 0 aromatic carbocycles.